The van der Waals surface area contributed by atoms with Gasteiger partial charge < -0.3 is 15.8 Å². The predicted molar refractivity (Wildman–Crippen MR) is 88.6 cm³/mol. The molecule has 1 saturated carbocycles. The number of hydrogen-bond donors (Lipinski definition) is 2. The van der Waals surface area contributed by atoms with Crippen LogP contribution in [0.3, 0.4) is 0 Å². The van der Waals surface area contributed by atoms with E-state index in [0.717, 1.165) is 37.0 Å². The summed E-state index contributed by atoms with van der Waals surface area (Å²) < 4.78 is 6.00. The summed E-state index contributed by atoms with van der Waals surface area (Å²) in [7, 11) is 0. The summed E-state index contributed by atoms with van der Waals surface area (Å²) in [6, 6.07) is 7.94. The van der Waals surface area contributed by atoms with Crippen LogP contribution in [0.4, 0.5) is 0 Å². The Morgan fingerprint density at radius 2 is 2.00 bits per heavy atom. The fourth-order valence-electron chi connectivity index (χ4n) is 2.75. The second-order valence-corrected chi connectivity index (χ2v) is 6.15. The highest BCUT2D eigenvalue weighted by atomic mass is 16.5. The average molecular weight is 304 g/mol. The molecule has 0 atom stereocenters. The number of carbonyl (C=O) groups excluding carboxylic acids is 1. The zero-order valence-corrected chi connectivity index (χ0v) is 13.7. The monoisotopic (exact) mass is 304 g/mol. The summed E-state index contributed by atoms with van der Waals surface area (Å²) >= 11 is 0. The first-order valence-corrected chi connectivity index (χ1v) is 8.38. The quantitative estimate of drug-likeness (QED) is 0.776. The molecule has 0 bridgehead atoms. The highest BCUT2D eigenvalue weighted by molar-refractivity contribution is 5.82. The largest absolute Gasteiger partial charge is 0.490 e. The van der Waals surface area contributed by atoms with Crippen LogP contribution in [0.1, 0.15) is 51.5 Å². The van der Waals surface area contributed by atoms with Gasteiger partial charge in [0.25, 0.3) is 0 Å². The molecule has 0 radical (unpaired) electrons. The maximum Gasteiger partial charge on any atom is 0.227 e. The Labute approximate surface area is 133 Å². The highest BCUT2D eigenvalue weighted by Gasteiger charge is 2.33. The van der Waals surface area contributed by atoms with Crippen LogP contribution in [0.25, 0.3) is 0 Å². The first-order valence-electron chi connectivity index (χ1n) is 8.38. The van der Waals surface area contributed by atoms with Gasteiger partial charge in [-0.2, -0.15) is 0 Å². The number of nitrogens with one attached hydrogen (secondary N) is 1. The van der Waals surface area contributed by atoms with Gasteiger partial charge in [0.1, 0.15) is 5.75 Å². The molecule has 0 aliphatic heterocycles. The van der Waals surface area contributed by atoms with Crippen molar-refractivity contribution < 1.29 is 9.53 Å². The third-order valence-electron chi connectivity index (χ3n) is 4.98. The number of amides is 1. The molecule has 0 spiro atoms. The topological polar surface area (TPSA) is 64.4 Å². The number of nitrogens with two attached hydrogens (primary N) is 1. The van der Waals surface area contributed by atoms with E-state index in [1.54, 1.807) is 0 Å². The average Bonchev–Trinajstić information content (AvgIpc) is 2.52. The van der Waals surface area contributed by atoms with Crippen molar-refractivity contribution in [1.82, 2.24) is 5.32 Å². The van der Waals surface area contributed by atoms with E-state index < -0.39 is 5.41 Å². The lowest BCUT2D eigenvalue weighted by Crippen LogP contribution is -2.45. The third kappa shape index (κ3) is 3.61. The minimum atomic E-state index is -0.455. The molecule has 1 aliphatic rings. The third-order valence-corrected chi connectivity index (χ3v) is 4.98. The molecule has 0 heterocycles. The van der Waals surface area contributed by atoms with Crippen LogP contribution < -0.4 is 15.8 Å². The fourth-order valence-corrected chi connectivity index (χ4v) is 2.75. The van der Waals surface area contributed by atoms with Gasteiger partial charge in [0.05, 0.1) is 11.5 Å². The predicted octanol–water partition coefficient (Wildman–Crippen LogP) is 3.00. The lowest BCUT2D eigenvalue weighted by Gasteiger charge is -2.29. The summed E-state index contributed by atoms with van der Waals surface area (Å²) in [6.07, 6.45) is 5.35. The maximum absolute atomic E-state index is 12.5. The molecule has 2 rings (SSSR count). The number of hydrogen-bond acceptors (Lipinski definition) is 3. The summed E-state index contributed by atoms with van der Waals surface area (Å²) in [5.41, 5.74) is 6.41. The van der Waals surface area contributed by atoms with E-state index in [9.17, 15) is 4.79 Å². The van der Waals surface area contributed by atoms with Crippen molar-refractivity contribution in [3.63, 3.8) is 0 Å². The molecule has 1 amide bonds. The Balaban J connectivity index is 2.00. The van der Waals surface area contributed by atoms with E-state index in [1.807, 2.05) is 38.1 Å². The van der Waals surface area contributed by atoms with E-state index >= 15 is 0 Å². The molecule has 3 N–H and O–H groups in total. The van der Waals surface area contributed by atoms with Crippen molar-refractivity contribution in [2.45, 2.75) is 58.6 Å². The SMILES string of the molecule is CCC(CC)(CN)C(=O)NCc1ccccc1OC1CCC1. The molecule has 0 unspecified atom stereocenters. The standard InChI is InChI=1S/C18H28N2O2/c1-3-18(4-2,13-19)17(21)20-12-14-8-5-6-11-16(14)22-15-9-7-10-15/h5-6,8,11,15H,3-4,7,9-10,12-13,19H2,1-2H3,(H,20,21). The molecular weight excluding hydrogens is 276 g/mol. The minimum Gasteiger partial charge on any atom is -0.490 e. The van der Waals surface area contributed by atoms with Gasteiger partial charge in [-0.25, -0.2) is 0 Å². The Morgan fingerprint density at radius 1 is 1.32 bits per heavy atom. The van der Waals surface area contributed by atoms with E-state index in [2.05, 4.69) is 5.32 Å². The second kappa shape index (κ2) is 7.63. The van der Waals surface area contributed by atoms with Crippen LogP contribution in [0.15, 0.2) is 24.3 Å². The molecule has 1 aromatic carbocycles. The zero-order chi connectivity index (χ0) is 16.0. The smallest absolute Gasteiger partial charge is 0.227 e. The number of carbonyl (C=O) groups is 1. The van der Waals surface area contributed by atoms with Crippen LogP contribution in [-0.4, -0.2) is 18.6 Å². The van der Waals surface area contributed by atoms with Gasteiger partial charge >= 0.3 is 0 Å². The van der Waals surface area contributed by atoms with Crippen molar-refractivity contribution in [3.8, 4) is 5.75 Å². The van der Waals surface area contributed by atoms with Crippen molar-refractivity contribution >= 4 is 5.91 Å². The molecule has 1 aromatic rings. The summed E-state index contributed by atoms with van der Waals surface area (Å²) in [6.45, 7) is 4.91. The van der Waals surface area contributed by atoms with Crippen molar-refractivity contribution in [2.24, 2.45) is 11.1 Å². The number of ether oxygens (including phenoxy) is 1. The number of para-hydroxylation sites is 1. The Hall–Kier alpha value is -1.55. The molecular formula is C18H28N2O2. The summed E-state index contributed by atoms with van der Waals surface area (Å²) in [5, 5.41) is 3.04. The van der Waals surface area contributed by atoms with E-state index in [4.69, 9.17) is 10.5 Å². The Morgan fingerprint density at radius 3 is 2.55 bits per heavy atom. The number of benzene rings is 1. The molecule has 0 aromatic heterocycles. The highest BCUT2D eigenvalue weighted by Crippen LogP contribution is 2.28. The first kappa shape index (κ1) is 16.8. The molecule has 22 heavy (non-hydrogen) atoms. The molecule has 4 heteroatoms. The maximum atomic E-state index is 12.5. The van der Waals surface area contributed by atoms with Gasteiger partial charge in [-0.05, 0) is 38.2 Å². The van der Waals surface area contributed by atoms with Crippen LogP contribution in [0, 0.1) is 5.41 Å². The zero-order valence-electron chi connectivity index (χ0n) is 13.7. The van der Waals surface area contributed by atoms with Crippen LogP contribution in [-0.2, 0) is 11.3 Å². The van der Waals surface area contributed by atoms with Crippen LogP contribution in [0.2, 0.25) is 0 Å². The van der Waals surface area contributed by atoms with Crippen molar-refractivity contribution in [2.75, 3.05) is 6.54 Å². The molecule has 122 valence electrons. The van der Waals surface area contributed by atoms with Gasteiger partial charge in [0, 0.05) is 18.7 Å². The van der Waals surface area contributed by atoms with Crippen LogP contribution in [0.5, 0.6) is 5.75 Å². The summed E-state index contributed by atoms with van der Waals surface area (Å²) in [4.78, 5) is 12.5. The van der Waals surface area contributed by atoms with Crippen molar-refractivity contribution in [1.29, 1.82) is 0 Å². The first-order chi connectivity index (χ1) is 10.6. The molecule has 0 saturated heterocycles. The Kier molecular flexibility index (Phi) is 5.83. The van der Waals surface area contributed by atoms with E-state index in [1.165, 1.54) is 6.42 Å². The molecule has 4 nitrogen and oxygen atoms in total. The Bertz CT molecular complexity index is 485. The van der Waals surface area contributed by atoms with Crippen molar-refractivity contribution in [3.05, 3.63) is 29.8 Å². The van der Waals surface area contributed by atoms with E-state index in [-0.39, 0.29) is 5.91 Å². The number of rotatable bonds is 8. The fraction of sp³-hybridized carbons (Fsp3) is 0.611. The van der Waals surface area contributed by atoms with Gasteiger partial charge in [-0.3, -0.25) is 4.79 Å². The second-order valence-electron chi connectivity index (χ2n) is 6.15. The van der Waals surface area contributed by atoms with Crippen LogP contribution >= 0.6 is 0 Å². The molecule has 1 fully saturated rings. The van der Waals surface area contributed by atoms with Gasteiger partial charge in [0.15, 0.2) is 0 Å². The van der Waals surface area contributed by atoms with Gasteiger partial charge in [-0.15, -0.1) is 0 Å². The lowest BCUT2D eigenvalue weighted by atomic mass is 9.81. The lowest BCUT2D eigenvalue weighted by molar-refractivity contribution is -0.131. The molecule has 1 aliphatic carbocycles. The van der Waals surface area contributed by atoms with Gasteiger partial charge in [-0.1, -0.05) is 32.0 Å². The summed E-state index contributed by atoms with van der Waals surface area (Å²) in [5.74, 6) is 0.928. The van der Waals surface area contributed by atoms with E-state index in [0.29, 0.717) is 19.2 Å². The minimum absolute atomic E-state index is 0.0402. The van der Waals surface area contributed by atoms with Gasteiger partial charge in [0.2, 0.25) is 5.91 Å². The normalized spacial score (nSPS) is 15.2.